The van der Waals surface area contributed by atoms with Gasteiger partial charge in [-0.1, -0.05) is 31.0 Å². The maximum Gasteiger partial charge on any atom is 0.262 e. The van der Waals surface area contributed by atoms with Crippen LogP contribution in [0.5, 0.6) is 5.75 Å². The van der Waals surface area contributed by atoms with E-state index in [1.807, 2.05) is 68.4 Å². The van der Waals surface area contributed by atoms with Gasteiger partial charge in [0.15, 0.2) is 12.4 Å². The quantitative estimate of drug-likeness (QED) is 0.585. The van der Waals surface area contributed by atoms with Gasteiger partial charge in [0.2, 0.25) is 0 Å². The number of aromatic nitrogens is 2. The number of carbonyl (C=O) groups is 1. The summed E-state index contributed by atoms with van der Waals surface area (Å²) in [7, 11) is 0. The lowest BCUT2D eigenvalue weighted by atomic mass is 10.1. The molecule has 1 aliphatic heterocycles. The molecule has 3 aromatic rings. The normalized spacial score (nSPS) is 14.0. The van der Waals surface area contributed by atoms with E-state index in [9.17, 15) is 4.79 Å². The van der Waals surface area contributed by atoms with Crippen molar-refractivity contribution < 1.29 is 9.53 Å². The van der Waals surface area contributed by atoms with E-state index < -0.39 is 0 Å². The van der Waals surface area contributed by atoms with Crippen molar-refractivity contribution in [3.05, 3.63) is 65.7 Å². The zero-order chi connectivity index (χ0) is 22.3. The highest BCUT2D eigenvalue weighted by Gasteiger charge is 2.12. The van der Waals surface area contributed by atoms with Crippen molar-refractivity contribution in [3.8, 4) is 17.0 Å². The molecule has 1 N–H and O–H groups in total. The van der Waals surface area contributed by atoms with E-state index in [4.69, 9.17) is 4.74 Å². The molecule has 6 heteroatoms. The fraction of sp³-hybridized carbons (Fsp3) is 0.346. The molecule has 1 aliphatic rings. The molecule has 0 bridgehead atoms. The van der Waals surface area contributed by atoms with Crippen LogP contribution in [0.1, 0.15) is 36.8 Å². The van der Waals surface area contributed by atoms with Crippen LogP contribution in [0, 0.1) is 13.8 Å². The molecule has 1 aromatic heterocycles. The van der Waals surface area contributed by atoms with Crippen LogP contribution < -0.4 is 15.0 Å². The van der Waals surface area contributed by atoms with Crippen molar-refractivity contribution in [2.24, 2.45) is 0 Å². The van der Waals surface area contributed by atoms with E-state index in [-0.39, 0.29) is 12.5 Å². The standard InChI is InChI=1S/C26H30N4O2/c1-19-10-11-23(16-20(19)2)32-18-26(31)27-22-9-7-8-21(17-22)24-12-13-25(29-28-24)30-14-5-3-4-6-15-30/h7-13,16-17H,3-6,14-15,18H2,1-2H3,(H,27,31). The molecule has 0 radical (unpaired) electrons. The lowest BCUT2D eigenvalue weighted by Gasteiger charge is -2.20. The second-order valence-electron chi connectivity index (χ2n) is 8.34. The summed E-state index contributed by atoms with van der Waals surface area (Å²) in [6, 6.07) is 17.5. The van der Waals surface area contributed by atoms with Crippen LogP contribution >= 0.6 is 0 Å². The zero-order valence-electron chi connectivity index (χ0n) is 18.8. The lowest BCUT2D eigenvalue weighted by Crippen LogP contribution is -2.25. The largest absolute Gasteiger partial charge is 0.484 e. The number of nitrogens with zero attached hydrogens (tertiary/aromatic N) is 3. The van der Waals surface area contributed by atoms with Crippen molar-refractivity contribution >= 4 is 17.4 Å². The van der Waals surface area contributed by atoms with E-state index in [1.54, 1.807) is 0 Å². The topological polar surface area (TPSA) is 67.3 Å². The first kappa shape index (κ1) is 21.8. The molecule has 4 rings (SSSR count). The lowest BCUT2D eigenvalue weighted by molar-refractivity contribution is -0.118. The predicted octanol–water partition coefficient (Wildman–Crippen LogP) is 5.16. The van der Waals surface area contributed by atoms with Gasteiger partial charge in [0.1, 0.15) is 5.75 Å². The average molecular weight is 431 g/mol. The maximum atomic E-state index is 12.4. The number of anilines is 2. The Labute approximate surface area is 189 Å². The molecule has 0 atom stereocenters. The van der Waals surface area contributed by atoms with Gasteiger partial charge in [-0.05, 0) is 74.2 Å². The van der Waals surface area contributed by atoms with E-state index in [2.05, 4.69) is 20.4 Å². The number of amides is 1. The number of rotatable bonds is 6. The Hall–Kier alpha value is -3.41. The van der Waals surface area contributed by atoms with E-state index in [0.29, 0.717) is 11.4 Å². The number of hydrogen-bond acceptors (Lipinski definition) is 5. The monoisotopic (exact) mass is 430 g/mol. The van der Waals surface area contributed by atoms with Crippen molar-refractivity contribution in [3.63, 3.8) is 0 Å². The summed E-state index contributed by atoms with van der Waals surface area (Å²) in [4.78, 5) is 14.7. The summed E-state index contributed by atoms with van der Waals surface area (Å²) in [6.45, 7) is 6.11. The molecule has 1 amide bonds. The van der Waals surface area contributed by atoms with Gasteiger partial charge in [-0.25, -0.2) is 0 Å². The molecule has 166 valence electrons. The molecule has 32 heavy (non-hydrogen) atoms. The number of hydrogen-bond donors (Lipinski definition) is 1. The van der Waals surface area contributed by atoms with E-state index >= 15 is 0 Å². The van der Waals surface area contributed by atoms with Crippen LogP contribution in [0.4, 0.5) is 11.5 Å². The predicted molar refractivity (Wildman–Crippen MR) is 128 cm³/mol. The Morgan fingerprint density at radius 3 is 2.47 bits per heavy atom. The van der Waals surface area contributed by atoms with Crippen LogP contribution in [0.25, 0.3) is 11.3 Å². The highest BCUT2D eigenvalue weighted by atomic mass is 16.5. The molecule has 2 heterocycles. The Balaban J connectivity index is 1.37. The average Bonchev–Trinajstić information content (AvgIpc) is 3.10. The smallest absolute Gasteiger partial charge is 0.262 e. The number of carbonyl (C=O) groups excluding carboxylic acids is 1. The number of nitrogens with one attached hydrogen (secondary N) is 1. The highest BCUT2D eigenvalue weighted by molar-refractivity contribution is 5.92. The summed E-state index contributed by atoms with van der Waals surface area (Å²) in [5.74, 6) is 1.42. The molecule has 0 unspecified atom stereocenters. The molecule has 1 fully saturated rings. The van der Waals surface area contributed by atoms with Crippen molar-refractivity contribution in [1.29, 1.82) is 0 Å². The van der Waals surface area contributed by atoms with Gasteiger partial charge in [-0.15, -0.1) is 10.2 Å². The van der Waals surface area contributed by atoms with Crippen molar-refractivity contribution in [1.82, 2.24) is 10.2 Å². The SMILES string of the molecule is Cc1ccc(OCC(=O)Nc2cccc(-c3ccc(N4CCCCCC4)nn3)c2)cc1C. The summed E-state index contributed by atoms with van der Waals surface area (Å²) < 4.78 is 5.63. The van der Waals surface area contributed by atoms with Crippen molar-refractivity contribution in [2.75, 3.05) is 29.9 Å². The van der Waals surface area contributed by atoms with Crippen LogP contribution in [0.3, 0.4) is 0 Å². The molecular formula is C26H30N4O2. The molecular weight excluding hydrogens is 400 g/mol. The highest BCUT2D eigenvalue weighted by Crippen LogP contribution is 2.23. The van der Waals surface area contributed by atoms with Gasteiger partial charge >= 0.3 is 0 Å². The minimum atomic E-state index is -0.206. The second kappa shape index (κ2) is 10.3. The third-order valence-electron chi connectivity index (χ3n) is 5.87. The minimum absolute atomic E-state index is 0.0446. The third-order valence-corrected chi connectivity index (χ3v) is 5.87. The maximum absolute atomic E-state index is 12.4. The summed E-state index contributed by atoms with van der Waals surface area (Å²) >= 11 is 0. The minimum Gasteiger partial charge on any atom is -0.484 e. The Kier molecular flexibility index (Phi) is 7.00. The Morgan fingerprint density at radius 1 is 0.938 bits per heavy atom. The van der Waals surface area contributed by atoms with Gasteiger partial charge < -0.3 is 15.0 Å². The first-order valence-corrected chi connectivity index (χ1v) is 11.3. The van der Waals surface area contributed by atoms with Crippen molar-refractivity contribution in [2.45, 2.75) is 39.5 Å². The van der Waals surface area contributed by atoms with Gasteiger partial charge in [0.05, 0.1) is 5.69 Å². The first-order valence-electron chi connectivity index (χ1n) is 11.3. The summed E-state index contributed by atoms with van der Waals surface area (Å²) in [6.07, 6.45) is 4.99. The zero-order valence-corrected chi connectivity index (χ0v) is 18.8. The Morgan fingerprint density at radius 2 is 1.75 bits per heavy atom. The third kappa shape index (κ3) is 5.63. The number of aryl methyl sites for hydroxylation is 2. The summed E-state index contributed by atoms with van der Waals surface area (Å²) in [5.41, 5.74) is 4.73. The molecule has 6 nitrogen and oxygen atoms in total. The molecule has 0 aliphatic carbocycles. The van der Waals surface area contributed by atoms with Gasteiger partial charge in [0, 0.05) is 24.3 Å². The molecule has 0 spiro atoms. The molecule has 2 aromatic carbocycles. The van der Waals surface area contributed by atoms with Gasteiger partial charge in [0.25, 0.3) is 5.91 Å². The molecule has 1 saturated heterocycles. The van der Waals surface area contributed by atoms with Crippen LogP contribution in [0.2, 0.25) is 0 Å². The first-order chi connectivity index (χ1) is 15.6. The fourth-order valence-electron chi connectivity index (χ4n) is 3.85. The van der Waals surface area contributed by atoms with Crippen LogP contribution in [-0.2, 0) is 4.79 Å². The van der Waals surface area contributed by atoms with Crippen LogP contribution in [0.15, 0.2) is 54.6 Å². The Bertz CT molecular complexity index is 1060. The van der Waals surface area contributed by atoms with E-state index in [0.717, 1.165) is 35.7 Å². The fourth-order valence-corrected chi connectivity index (χ4v) is 3.85. The summed E-state index contributed by atoms with van der Waals surface area (Å²) in [5, 5.41) is 11.8. The molecule has 0 saturated carbocycles. The number of benzene rings is 2. The van der Waals surface area contributed by atoms with Crippen LogP contribution in [-0.4, -0.2) is 35.8 Å². The van der Waals surface area contributed by atoms with E-state index in [1.165, 1.54) is 31.2 Å². The second-order valence-corrected chi connectivity index (χ2v) is 8.34. The van der Waals surface area contributed by atoms with Gasteiger partial charge in [-0.2, -0.15) is 0 Å². The number of ether oxygens (including phenoxy) is 1. The van der Waals surface area contributed by atoms with Gasteiger partial charge in [-0.3, -0.25) is 4.79 Å².